The Hall–Kier alpha value is -2.24. The lowest BCUT2D eigenvalue weighted by Crippen LogP contribution is -2.19. The normalized spacial score (nSPS) is 13.1. The number of ketones is 1. The SMILES string of the molecule is CC(C)(C)c1cc(C(=O)c2c[nH]c(C(F)(F)F)c2)cc(C(C)(C)C)c1O. The molecule has 0 amide bonds. The molecule has 0 radical (unpaired) electrons. The second-order valence-corrected chi connectivity index (χ2v) is 8.55. The van der Waals surface area contributed by atoms with E-state index in [9.17, 15) is 23.1 Å². The second kappa shape index (κ2) is 6.18. The van der Waals surface area contributed by atoms with E-state index in [0.29, 0.717) is 11.1 Å². The van der Waals surface area contributed by atoms with Crippen molar-refractivity contribution in [2.24, 2.45) is 0 Å². The van der Waals surface area contributed by atoms with Gasteiger partial charge in [-0.15, -0.1) is 0 Å². The Labute approximate surface area is 151 Å². The Balaban J connectivity index is 2.62. The van der Waals surface area contributed by atoms with Gasteiger partial charge in [-0.05, 0) is 29.0 Å². The lowest BCUT2D eigenvalue weighted by atomic mass is 9.78. The summed E-state index contributed by atoms with van der Waals surface area (Å²) in [5.41, 5.74) is -0.481. The summed E-state index contributed by atoms with van der Waals surface area (Å²) < 4.78 is 38.4. The van der Waals surface area contributed by atoms with E-state index in [4.69, 9.17) is 0 Å². The summed E-state index contributed by atoms with van der Waals surface area (Å²) in [5.74, 6) is -0.403. The number of hydrogen-bond acceptors (Lipinski definition) is 2. The Bertz CT molecular complexity index is 799. The molecule has 0 aliphatic carbocycles. The first-order chi connectivity index (χ1) is 11.6. The summed E-state index contributed by atoms with van der Waals surface area (Å²) in [5, 5.41) is 10.7. The number of nitrogens with one attached hydrogen (secondary N) is 1. The number of rotatable bonds is 2. The minimum atomic E-state index is -4.54. The van der Waals surface area contributed by atoms with Crippen LogP contribution in [0.4, 0.5) is 13.2 Å². The van der Waals surface area contributed by atoms with Crippen LogP contribution in [0.5, 0.6) is 5.75 Å². The molecule has 0 aliphatic heterocycles. The van der Waals surface area contributed by atoms with Gasteiger partial charge in [0.15, 0.2) is 5.78 Å². The van der Waals surface area contributed by atoms with Gasteiger partial charge in [0.1, 0.15) is 11.4 Å². The minimum Gasteiger partial charge on any atom is -0.507 e. The van der Waals surface area contributed by atoms with Crippen molar-refractivity contribution in [2.45, 2.75) is 58.5 Å². The van der Waals surface area contributed by atoms with Gasteiger partial charge in [-0.1, -0.05) is 41.5 Å². The van der Waals surface area contributed by atoms with Gasteiger partial charge in [0.2, 0.25) is 0 Å². The standard InChI is InChI=1S/C20H24F3NO2/c1-18(2,3)13-7-11(8-14(17(13)26)19(4,5)6)16(25)12-9-15(24-10-12)20(21,22)23/h7-10,24,26H,1-6H3. The van der Waals surface area contributed by atoms with Gasteiger partial charge in [-0.2, -0.15) is 13.2 Å². The fraction of sp³-hybridized carbons (Fsp3) is 0.450. The highest BCUT2D eigenvalue weighted by Crippen LogP contribution is 2.40. The molecule has 0 aliphatic rings. The highest BCUT2D eigenvalue weighted by Gasteiger charge is 2.33. The fourth-order valence-electron chi connectivity index (χ4n) is 2.76. The van der Waals surface area contributed by atoms with Crippen molar-refractivity contribution in [3.63, 3.8) is 0 Å². The molecule has 2 rings (SSSR count). The third-order valence-corrected chi connectivity index (χ3v) is 4.24. The van der Waals surface area contributed by atoms with E-state index in [0.717, 1.165) is 12.3 Å². The van der Waals surface area contributed by atoms with Crippen LogP contribution in [-0.4, -0.2) is 15.9 Å². The highest BCUT2D eigenvalue weighted by molar-refractivity contribution is 6.09. The molecule has 1 heterocycles. The van der Waals surface area contributed by atoms with Gasteiger partial charge in [0.25, 0.3) is 0 Å². The van der Waals surface area contributed by atoms with Crippen LogP contribution in [0.2, 0.25) is 0 Å². The number of aromatic nitrogens is 1. The quantitative estimate of drug-likeness (QED) is 0.682. The van der Waals surface area contributed by atoms with Crippen molar-refractivity contribution < 1.29 is 23.1 Å². The van der Waals surface area contributed by atoms with E-state index >= 15 is 0 Å². The first-order valence-electron chi connectivity index (χ1n) is 8.30. The summed E-state index contributed by atoms with van der Waals surface area (Å²) in [7, 11) is 0. The third-order valence-electron chi connectivity index (χ3n) is 4.24. The first-order valence-corrected chi connectivity index (χ1v) is 8.30. The molecule has 1 aromatic carbocycles. The largest absolute Gasteiger partial charge is 0.507 e. The molecule has 0 bridgehead atoms. The van der Waals surface area contributed by atoms with Crippen molar-refractivity contribution in [1.29, 1.82) is 0 Å². The van der Waals surface area contributed by atoms with Crippen LogP contribution >= 0.6 is 0 Å². The van der Waals surface area contributed by atoms with Gasteiger partial charge >= 0.3 is 6.18 Å². The summed E-state index contributed by atoms with van der Waals surface area (Å²) in [4.78, 5) is 14.9. The van der Waals surface area contributed by atoms with Gasteiger partial charge < -0.3 is 10.1 Å². The van der Waals surface area contributed by atoms with Crippen LogP contribution < -0.4 is 0 Å². The second-order valence-electron chi connectivity index (χ2n) is 8.55. The van der Waals surface area contributed by atoms with Crippen LogP contribution in [0.3, 0.4) is 0 Å². The molecule has 0 saturated carbocycles. The molecule has 26 heavy (non-hydrogen) atoms. The van der Waals surface area contributed by atoms with Gasteiger partial charge in [-0.3, -0.25) is 4.79 Å². The molecule has 0 saturated heterocycles. The summed E-state index contributed by atoms with van der Waals surface area (Å²) in [6, 6.07) is 3.93. The van der Waals surface area contributed by atoms with Crippen LogP contribution in [0.25, 0.3) is 0 Å². The average Bonchev–Trinajstić information content (AvgIpc) is 2.94. The lowest BCUT2D eigenvalue weighted by Gasteiger charge is -2.28. The van der Waals surface area contributed by atoms with E-state index in [2.05, 4.69) is 4.98 Å². The molecule has 6 heteroatoms. The number of phenolic OH excluding ortho intramolecular Hbond substituents is 1. The number of halogens is 3. The van der Waals surface area contributed by atoms with E-state index in [-0.39, 0.29) is 16.9 Å². The predicted molar refractivity (Wildman–Crippen MR) is 94.7 cm³/mol. The predicted octanol–water partition coefficient (Wildman–Crippen LogP) is 5.57. The molecule has 0 spiro atoms. The van der Waals surface area contributed by atoms with Crippen LogP contribution in [-0.2, 0) is 17.0 Å². The Morgan fingerprint density at radius 3 is 1.69 bits per heavy atom. The van der Waals surface area contributed by atoms with Crippen molar-refractivity contribution in [2.75, 3.05) is 0 Å². The van der Waals surface area contributed by atoms with E-state index in [1.807, 2.05) is 41.5 Å². The van der Waals surface area contributed by atoms with Gasteiger partial charge in [0, 0.05) is 28.5 Å². The number of aromatic amines is 1. The first kappa shape index (κ1) is 20.1. The minimum absolute atomic E-state index is 0.0669. The topological polar surface area (TPSA) is 53.1 Å². The zero-order chi connectivity index (χ0) is 20.1. The van der Waals surface area contributed by atoms with Crippen LogP contribution in [0.1, 0.15) is 74.3 Å². The molecule has 2 aromatic rings. The molecule has 2 N–H and O–H groups in total. The summed E-state index contributed by atoms with van der Waals surface area (Å²) in [6.45, 7) is 11.4. The number of phenols is 1. The van der Waals surface area contributed by atoms with E-state index in [1.54, 1.807) is 12.1 Å². The van der Waals surface area contributed by atoms with Crippen molar-refractivity contribution in [3.05, 3.63) is 52.3 Å². The maximum absolute atomic E-state index is 12.8. The van der Waals surface area contributed by atoms with Gasteiger partial charge in [0.05, 0.1) is 0 Å². The molecular weight excluding hydrogens is 343 g/mol. The zero-order valence-electron chi connectivity index (χ0n) is 15.8. The number of alkyl halides is 3. The fourth-order valence-corrected chi connectivity index (χ4v) is 2.76. The smallest absolute Gasteiger partial charge is 0.431 e. The Morgan fingerprint density at radius 1 is 0.885 bits per heavy atom. The molecular formula is C20H24F3NO2. The molecule has 0 fully saturated rings. The number of carbonyl (C=O) groups excluding carboxylic acids is 1. The van der Waals surface area contributed by atoms with Crippen LogP contribution in [0.15, 0.2) is 24.4 Å². The molecule has 0 atom stereocenters. The Morgan fingerprint density at radius 2 is 1.35 bits per heavy atom. The number of H-pyrrole nitrogens is 1. The number of hydrogen-bond donors (Lipinski definition) is 2. The average molecular weight is 367 g/mol. The van der Waals surface area contributed by atoms with E-state index in [1.165, 1.54) is 0 Å². The van der Waals surface area contributed by atoms with Crippen molar-refractivity contribution in [1.82, 2.24) is 4.98 Å². The number of carbonyl (C=O) groups is 1. The number of benzene rings is 1. The maximum Gasteiger partial charge on any atom is 0.431 e. The Kier molecular flexibility index (Phi) is 4.77. The monoisotopic (exact) mass is 367 g/mol. The third kappa shape index (κ3) is 3.94. The maximum atomic E-state index is 12.8. The summed E-state index contributed by atoms with van der Waals surface area (Å²) >= 11 is 0. The van der Waals surface area contributed by atoms with Crippen molar-refractivity contribution in [3.8, 4) is 5.75 Å². The number of aromatic hydroxyl groups is 1. The molecule has 1 aromatic heterocycles. The zero-order valence-corrected chi connectivity index (χ0v) is 15.8. The lowest BCUT2D eigenvalue weighted by molar-refractivity contribution is -0.140. The highest BCUT2D eigenvalue weighted by atomic mass is 19.4. The summed E-state index contributed by atoms with van der Waals surface area (Å²) in [6.07, 6.45) is -3.48. The van der Waals surface area contributed by atoms with Crippen molar-refractivity contribution >= 4 is 5.78 Å². The van der Waals surface area contributed by atoms with Gasteiger partial charge in [-0.25, -0.2) is 0 Å². The van der Waals surface area contributed by atoms with E-state index < -0.39 is 28.5 Å². The molecule has 0 unspecified atom stereocenters. The molecule has 142 valence electrons. The molecule has 3 nitrogen and oxygen atoms in total. The van der Waals surface area contributed by atoms with Crippen LogP contribution in [0, 0.1) is 0 Å².